The predicted octanol–water partition coefficient (Wildman–Crippen LogP) is 2.73. The summed E-state index contributed by atoms with van der Waals surface area (Å²) in [5.41, 5.74) is 1.19. The van der Waals surface area contributed by atoms with Gasteiger partial charge in [0, 0.05) is 29.6 Å². The quantitative estimate of drug-likeness (QED) is 0.800. The smallest absolute Gasteiger partial charge is 0.230 e. The molecule has 0 saturated carbocycles. The Balaban J connectivity index is 2.16. The van der Waals surface area contributed by atoms with E-state index in [0.717, 1.165) is 17.6 Å². The number of fused-ring (bicyclic) bond motifs is 1. The number of rotatable bonds is 3. The highest BCUT2D eigenvalue weighted by Gasteiger charge is 2.30. The van der Waals surface area contributed by atoms with Crippen molar-refractivity contribution < 1.29 is 4.79 Å². The zero-order valence-electron chi connectivity index (χ0n) is 9.15. The van der Waals surface area contributed by atoms with Crippen molar-refractivity contribution in [3.63, 3.8) is 0 Å². The number of hydrogen-bond acceptors (Lipinski definition) is 2. The molecule has 1 atom stereocenters. The Morgan fingerprint density at radius 3 is 3.06 bits per heavy atom. The third-order valence-electron chi connectivity index (χ3n) is 2.79. The maximum absolute atomic E-state index is 12.2. The molecule has 0 saturated heterocycles. The van der Waals surface area contributed by atoms with E-state index in [4.69, 9.17) is 0 Å². The van der Waals surface area contributed by atoms with E-state index in [2.05, 4.69) is 28.1 Å². The molecule has 0 radical (unpaired) electrons. The van der Waals surface area contributed by atoms with Crippen molar-refractivity contribution >= 4 is 33.6 Å². The Bertz CT molecular complexity index is 396. The van der Waals surface area contributed by atoms with E-state index in [9.17, 15) is 4.79 Å². The fraction of sp³-hybridized carbons (Fsp3) is 0.417. The minimum atomic E-state index is 0.0465. The van der Waals surface area contributed by atoms with Gasteiger partial charge in [-0.25, -0.2) is 0 Å². The lowest BCUT2D eigenvalue weighted by Crippen LogP contribution is -2.33. The van der Waals surface area contributed by atoms with E-state index >= 15 is 0 Å². The molecule has 0 N–H and O–H groups in total. The normalized spacial score (nSPS) is 18.2. The van der Waals surface area contributed by atoms with Gasteiger partial charge in [0.2, 0.25) is 5.91 Å². The second kappa shape index (κ2) is 5.23. The molecule has 86 valence electrons. The van der Waals surface area contributed by atoms with Crippen LogP contribution in [0.2, 0.25) is 0 Å². The van der Waals surface area contributed by atoms with Crippen molar-refractivity contribution in [2.24, 2.45) is 0 Å². The SMILES string of the molecule is CN(CCBr)C(=O)C1CSc2ccccc21. The molecule has 0 spiro atoms. The molecule has 4 heteroatoms. The van der Waals surface area contributed by atoms with Crippen LogP contribution in [-0.4, -0.2) is 35.5 Å². The van der Waals surface area contributed by atoms with Crippen molar-refractivity contribution in [2.75, 3.05) is 24.7 Å². The summed E-state index contributed by atoms with van der Waals surface area (Å²) in [5, 5.41) is 0.830. The average molecular weight is 300 g/mol. The zero-order chi connectivity index (χ0) is 11.5. The lowest BCUT2D eigenvalue weighted by atomic mass is 10.00. The van der Waals surface area contributed by atoms with Crippen molar-refractivity contribution in [1.82, 2.24) is 4.90 Å². The molecule has 1 unspecified atom stereocenters. The maximum Gasteiger partial charge on any atom is 0.230 e. The molecule has 0 aromatic heterocycles. The minimum Gasteiger partial charge on any atom is -0.344 e. The molecule has 0 bridgehead atoms. The Hall–Kier alpha value is -0.480. The lowest BCUT2D eigenvalue weighted by molar-refractivity contribution is -0.130. The summed E-state index contributed by atoms with van der Waals surface area (Å²) in [7, 11) is 1.87. The van der Waals surface area contributed by atoms with Gasteiger partial charge in [0.05, 0.1) is 5.92 Å². The van der Waals surface area contributed by atoms with Crippen molar-refractivity contribution in [3.05, 3.63) is 29.8 Å². The Labute approximate surface area is 109 Å². The van der Waals surface area contributed by atoms with E-state index in [1.807, 2.05) is 24.1 Å². The largest absolute Gasteiger partial charge is 0.344 e. The van der Waals surface area contributed by atoms with Crippen LogP contribution in [0.1, 0.15) is 11.5 Å². The minimum absolute atomic E-state index is 0.0465. The molecule has 16 heavy (non-hydrogen) atoms. The summed E-state index contributed by atoms with van der Waals surface area (Å²) >= 11 is 5.14. The third-order valence-corrected chi connectivity index (χ3v) is 4.33. The standard InChI is InChI=1S/C12H14BrNOS/c1-14(7-6-13)12(15)10-8-16-11-5-3-2-4-9(10)11/h2-5,10H,6-8H2,1H3. The molecule has 1 amide bonds. The van der Waals surface area contributed by atoms with Gasteiger partial charge in [0.1, 0.15) is 0 Å². The number of alkyl halides is 1. The van der Waals surface area contributed by atoms with Crippen LogP contribution < -0.4 is 0 Å². The van der Waals surface area contributed by atoms with E-state index < -0.39 is 0 Å². The van der Waals surface area contributed by atoms with Crippen LogP contribution in [0.25, 0.3) is 0 Å². The van der Waals surface area contributed by atoms with Crippen LogP contribution in [0.15, 0.2) is 29.2 Å². The summed E-state index contributed by atoms with van der Waals surface area (Å²) in [6.45, 7) is 0.766. The molecule has 0 aliphatic carbocycles. The first-order valence-corrected chi connectivity index (χ1v) is 7.37. The molecule has 1 heterocycles. The van der Waals surface area contributed by atoms with Crippen molar-refractivity contribution in [2.45, 2.75) is 10.8 Å². The number of amides is 1. The number of carbonyl (C=O) groups is 1. The van der Waals surface area contributed by atoms with Crippen molar-refractivity contribution in [1.29, 1.82) is 0 Å². The first-order chi connectivity index (χ1) is 7.74. The lowest BCUT2D eigenvalue weighted by Gasteiger charge is -2.20. The molecule has 1 aromatic carbocycles. The fourth-order valence-corrected chi connectivity index (χ4v) is 3.62. The van der Waals surface area contributed by atoms with Gasteiger partial charge in [-0.3, -0.25) is 4.79 Å². The number of hydrogen-bond donors (Lipinski definition) is 0. The zero-order valence-corrected chi connectivity index (χ0v) is 11.6. The highest BCUT2D eigenvalue weighted by atomic mass is 79.9. The monoisotopic (exact) mass is 299 g/mol. The van der Waals surface area contributed by atoms with Crippen molar-refractivity contribution in [3.8, 4) is 0 Å². The molecular formula is C12H14BrNOS. The number of thioether (sulfide) groups is 1. The van der Waals surface area contributed by atoms with Gasteiger partial charge >= 0.3 is 0 Å². The summed E-state index contributed by atoms with van der Waals surface area (Å²) in [5.74, 6) is 1.16. The number of benzene rings is 1. The van der Waals surface area contributed by atoms with E-state index in [1.165, 1.54) is 10.5 Å². The highest BCUT2D eigenvalue weighted by Crippen LogP contribution is 2.39. The van der Waals surface area contributed by atoms with Crippen LogP contribution in [-0.2, 0) is 4.79 Å². The van der Waals surface area contributed by atoms with E-state index in [1.54, 1.807) is 11.8 Å². The van der Waals surface area contributed by atoms with Crippen LogP contribution in [0.3, 0.4) is 0 Å². The first-order valence-electron chi connectivity index (χ1n) is 5.26. The Morgan fingerprint density at radius 2 is 2.31 bits per heavy atom. The maximum atomic E-state index is 12.2. The summed E-state index contributed by atoms with van der Waals surface area (Å²) in [6.07, 6.45) is 0. The number of likely N-dealkylation sites (N-methyl/N-ethyl adjacent to an activating group) is 1. The summed E-state index contributed by atoms with van der Waals surface area (Å²) in [6, 6.07) is 8.20. The second-order valence-electron chi connectivity index (χ2n) is 3.85. The molecule has 1 aliphatic heterocycles. The summed E-state index contributed by atoms with van der Waals surface area (Å²) < 4.78 is 0. The number of carbonyl (C=O) groups excluding carboxylic acids is 1. The van der Waals surface area contributed by atoms with Crippen LogP contribution in [0.4, 0.5) is 0 Å². The Morgan fingerprint density at radius 1 is 1.56 bits per heavy atom. The van der Waals surface area contributed by atoms with Gasteiger partial charge < -0.3 is 4.90 Å². The van der Waals surface area contributed by atoms with E-state index in [0.29, 0.717) is 0 Å². The molecule has 2 nitrogen and oxygen atoms in total. The number of halogens is 1. The van der Waals surface area contributed by atoms with Crippen LogP contribution in [0.5, 0.6) is 0 Å². The number of nitrogens with zero attached hydrogens (tertiary/aromatic N) is 1. The van der Waals surface area contributed by atoms with Gasteiger partial charge in [0.15, 0.2) is 0 Å². The van der Waals surface area contributed by atoms with Gasteiger partial charge in [-0.05, 0) is 11.6 Å². The van der Waals surface area contributed by atoms with Crippen LogP contribution in [0, 0.1) is 0 Å². The van der Waals surface area contributed by atoms with Gasteiger partial charge in [-0.2, -0.15) is 0 Å². The Kier molecular flexibility index (Phi) is 3.92. The van der Waals surface area contributed by atoms with E-state index in [-0.39, 0.29) is 11.8 Å². The summed E-state index contributed by atoms with van der Waals surface area (Å²) in [4.78, 5) is 15.3. The van der Waals surface area contributed by atoms with Crippen LogP contribution >= 0.6 is 27.7 Å². The third kappa shape index (κ3) is 2.28. The fourth-order valence-electron chi connectivity index (χ4n) is 1.87. The van der Waals surface area contributed by atoms with Gasteiger partial charge in [-0.15, -0.1) is 11.8 Å². The predicted molar refractivity (Wildman–Crippen MR) is 71.3 cm³/mol. The first kappa shape index (κ1) is 12.0. The topological polar surface area (TPSA) is 20.3 Å². The molecule has 0 fully saturated rings. The second-order valence-corrected chi connectivity index (χ2v) is 5.71. The molecule has 1 aliphatic rings. The van der Waals surface area contributed by atoms with Gasteiger partial charge in [0.25, 0.3) is 0 Å². The van der Waals surface area contributed by atoms with Gasteiger partial charge in [-0.1, -0.05) is 34.1 Å². The average Bonchev–Trinajstić information content (AvgIpc) is 2.72. The molecule has 1 aromatic rings. The molecule has 2 rings (SSSR count). The molecular weight excluding hydrogens is 286 g/mol. The highest BCUT2D eigenvalue weighted by molar-refractivity contribution is 9.09.